The molecular weight excluding hydrogens is 1340 g/mol. The van der Waals surface area contributed by atoms with Gasteiger partial charge in [-0.15, -0.1) is 0 Å². The van der Waals surface area contributed by atoms with Gasteiger partial charge in [-0.1, -0.05) is 379 Å². The van der Waals surface area contributed by atoms with Crippen LogP contribution in [0.1, 0.15) is 303 Å². The summed E-state index contributed by atoms with van der Waals surface area (Å²) < 4.78 is 10.1. The maximum absolute atomic E-state index is 5.10. The lowest BCUT2D eigenvalue weighted by molar-refractivity contribution is 0.397. The lowest BCUT2D eigenvalue weighted by Crippen LogP contribution is -2.25. The normalized spacial score (nSPS) is 13.2. The van der Waals surface area contributed by atoms with Crippen molar-refractivity contribution in [1.29, 1.82) is 0 Å². The van der Waals surface area contributed by atoms with Crippen molar-refractivity contribution in [1.82, 2.24) is 18.7 Å². The van der Waals surface area contributed by atoms with Crippen molar-refractivity contribution in [3.05, 3.63) is 251 Å². The molecule has 0 amide bonds. The maximum Gasteiger partial charge on any atom is 0.113 e. The highest BCUT2D eigenvalue weighted by molar-refractivity contribution is 7.00. The molecule has 0 bridgehead atoms. The second kappa shape index (κ2) is 40.3. The summed E-state index contributed by atoms with van der Waals surface area (Å²) in [5.41, 5.74) is 30.4. The molecule has 109 heavy (non-hydrogen) atoms. The third-order valence-corrected chi connectivity index (χ3v) is 25.2. The molecule has 0 saturated heterocycles. The summed E-state index contributed by atoms with van der Waals surface area (Å²) in [4.78, 5) is 8.97. The smallest absolute Gasteiger partial charge is 0.113 e. The van der Waals surface area contributed by atoms with Crippen molar-refractivity contribution in [3.8, 4) is 77.9 Å². The van der Waals surface area contributed by atoms with Crippen molar-refractivity contribution in [2.24, 2.45) is 0 Å². The largest absolute Gasteiger partial charge is 0.265 e. The van der Waals surface area contributed by atoms with Crippen molar-refractivity contribution >= 4 is 47.1 Å². The Bertz CT molecular complexity index is 4660. The molecule has 0 spiro atoms. The molecule has 3 heterocycles. The van der Waals surface area contributed by atoms with E-state index in [0.717, 1.165) is 59.0 Å². The standard InChI is InChI=1S/C104H122N4S/c1-5-9-13-17-21-25-29-39-65-103(66-40-30-26-22-18-14-10-6-2)97-75-83(81-43-35-33-36-44-81)51-55-91(97)93-57-53-87(77-99(93)103)95-73-85(50-48-80-63-71-106-72-64-80)96(74-84(95)49-47-79-61-69-105-70-62-79)88-54-58-94-92-56-52-86(90-60-59-89(82-45-37-34-38-46-82)101-102(90)108-109-107-101)76-98(92)104(100(94)78-88,67-41-31-27-23-19-15-11-7-3)68-42-32-28-24-20-16-12-8-4/h33-38,43-64,69-78H,5-32,39-42,65-68H2,1-4H3/b49-47+,50-48+. The zero-order valence-corrected chi connectivity index (χ0v) is 67.4. The number of unbranched alkanes of at least 4 members (excludes halogenated alkanes) is 28. The Morgan fingerprint density at radius 3 is 0.881 bits per heavy atom. The van der Waals surface area contributed by atoms with Crippen molar-refractivity contribution in [2.75, 3.05) is 0 Å². The van der Waals surface area contributed by atoms with E-state index in [1.54, 1.807) is 5.56 Å². The van der Waals surface area contributed by atoms with Gasteiger partial charge in [-0.25, -0.2) is 0 Å². The van der Waals surface area contributed by atoms with Crippen LogP contribution < -0.4 is 0 Å². The minimum atomic E-state index is -0.193. The summed E-state index contributed by atoms with van der Waals surface area (Å²) in [6, 6.07) is 70.7. The van der Waals surface area contributed by atoms with Crippen LogP contribution in [0.5, 0.6) is 0 Å². The van der Waals surface area contributed by atoms with Gasteiger partial charge in [-0.3, -0.25) is 9.97 Å². The lowest BCUT2D eigenvalue weighted by Gasteiger charge is -2.34. The fraction of sp³-hybridized carbons (Fsp3) is 0.404. The summed E-state index contributed by atoms with van der Waals surface area (Å²) in [6.45, 7) is 9.34. The van der Waals surface area contributed by atoms with Crippen LogP contribution in [-0.2, 0) is 10.8 Å². The van der Waals surface area contributed by atoms with Crippen LogP contribution in [0.4, 0.5) is 0 Å². The summed E-state index contributed by atoms with van der Waals surface area (Å²) in [5, 5.41) is 0. The summed E-state index contributed by atoms with van der Waals surface area (Å²) >= 11 is 1.33. The highest BCUT2D eigenvalue weighted by Gasteiger charge is 2.45. The van der Waals surface area contributed by atoms with Crippen LogP contribution in [0.2, 0.25) is 0 Å². The van der Waals surface area contributed by atoms with Crippen LogP contribution in [-0.4, -0.2) is 18.7 Å². The van der Waals surface area contributed by atoms with Gasteiger partial charge in [0, 0.05) is 46.7 Å². The van der Waals surface area contributed by atoms with E-state index in [1.165, 1.54) is 312 Å². The Morgan fingerprint density at radius 1 is 0.248 bits per heavy atom. The summed E-state index contributed by atoms with van der Waals surface area (Å²) in [5.74, 6) is 0. The average Bonchev–Trinajstić information content (AvgIpc) is 1.55. The zero-order valence-electron chi connectivity index (χ0n) is 66.6. The van der Waals surface area contributed by atoms with E-state index in [9.17, 15) is 0 Å². The highest BCUT2D eigenvalue weighted by atomic mass is 32.1. The fourth-order valence-electron chi connectivity index (χ4n) is 18.6. The molecule has 0 unspecified atom stereocenters. The van der Waals surface area contributed by atoms with Crippen molar-refractivity contribution < 1.29 is 0 Å². The lowest BCUT2D eigenvalue weighted by atomic mass is 9.69. The van der Waals surface area contributed by atoms with Gasteiger partial charge in [-0.05, 0) is 198 Å². The first-order valence-electron chi connectivity index (χ1n) is 43.2. The molecule has 2 aliphatic rings. The number of pyridine rings is 2. The predicted octanol–water partition coefficient (Wildman–Crippen LogP) is 31.8. The van der Waals surface area contributed by atoms with Gasteiger partial charge in [0.25, 0.3) is 0 Å². The van der Waals surface area contributed by atoms with E-state index in [4.69, 9.17) is 8.75 Å². The van der Waals surface area contributed by atoms with Gasteiger partial charge in [0.05, 0.1) is 11.7 Å². The van der Waals surface area contributed by atoms with Crippen LogP contribution in [0.25, 0.3) is 113 Å². The Morgan fingerprint density at radius 2 is 0.532 bits per heavy atom. The summed E-state index contributed by atoms with van der Waals surface area (Å²) in [7, 11) is 0. The quantitative estimate of drug-likeness (QED) is 0.0357. The van der Waals surface area contributed by atoms with Gasteiger partial charge in [-0.2, -0.15) is 8.75 Å². The van der Waals surface area contributed by atoms with Crippen LogP contribution in [0, 0.1) is 0 Å². The minimum absolute atomic E-state index is 0.122. The molecule has 0 atom stereocenters. The second-order valence-corrected chi connectivity index (χ2v) is 32.7. The second-order valence-electron chi connectivity index (χ2n) is 32.2. The zero-order chi connectivity index (χ0) is 74.7. The monoisotopic (exact) mass is 1460 g/mol. The van der Waals surface area contributed by atoms with Crippen LogP contribution in [0.3, 0.4) is 0 Å². The molecular formula is C104H122N4S. The maximum atomic E-state index is 5.10. The molecule has 0 aliphatic heterocycles. The van der Waals surface area contributed by atoms with Crippen molar-refractivity contribution in [3.63, 3.8) is 0 Å². The van der Waals surface area contributed by atoms with Gasteiger partial charge < -0.3 is 0 Å². The van der Waals surface area contributed by atoms with E-state index in [0.29, 0.717) is 0 Å². The molecule has 11 aromatic rings. The molecule has 0 radical (unpaired) electrons. The van der Waals surface area contributed by atoms with Gasteiger partial charge in [0.15, 0.2) is 0 Å². The van der Waals surface area contributed by atoms with Crippen LogP contribution in [0.15, 0.2) is 207 Å². The number of hydrogen-bond acceptors (Lipinski definition) is 5. The number of nitrogens with zero attached hydrogens (tertiary/aromatic N) is 4. The van der Waals surface area contributed by atoms with E-state index >= 15 is 0 Å². The molecule has 4 nitrogen and oxygen atoms in total. The average molecular weight is 1460 g/mol. The van der Waals surface area contributed by atoms with Gasteiger partial charge >= 0.3 is 0 Å². The predicted molar refractivity (Wildman–Crippen MR) is 472 cm³/mol. The van der Waals surface area contributed by atoms with Crippen LogP contribution >= 0.6 is 11.7 Å². The highest BCUT2D eigenvalue weighted by Crippen LogP contribution is 2.59. The molecule has 564 valence electrons. The molecule has 2 aliphatic carbocycles. The topological polar surface area (TPSA) is 51.6 Å². The van der Waals surface area contributed by atoms with Gasteiger partial charge in [0.2, 0.25) is 0 Å². The van der Waals surface area contributed by atoms with Crippen molar-refractivity contribution in [2.45, 2.75) is 270 Å². The molecule has 0 fully saturated rings. The third kappa shape index (κ3) is 19.4. The van der Waals surface area contributed by atoms with E-state index in [2.05, 4.69) is 244 Å². The Balaban J connectivity index is 0.964. The molecule has 8 aromatic carbocycles. The fourth-order valence-corrected chi connectivity index (χ4v) is 19.1. The van der Waals surface area contributed by atoms with E-state index < -0.39 is 0 Å². The van der Waals surface area contributed by atoms with Gasteiger partial charge in [0.1, 0.15) is 11.0 Å². The third-order valence-electron chi connectivity index (χ3n) is 24.6. The number of rotatable bonds is 45. The first-order chi connectivity index (χ1) is 53.9. The number of aromatic nitrogens is 4. The number of fused-ring (bicyclic) bond motifs is 7. The Hall–Kier alpha value is -8.64. The molecule has 0 saturated carbocycles. The SMILES string of the molecule is CCCCCCCCCCC1(CCCCCCCCCC)c2cc(-c3ccccc3)ccc2-c2ccc(-c3cc(/C=C/c4ccncc4)c(-c4ccc5c(c4)C(CCCCCCCCCC)(CCCCCCCCCC)c4cc(-c6ccc(-c7ccccc7)c7nsnc67)ccc4-5)cc3/C=C/c3ccncc3)cc21. The Labute approximate surface area is 660 Å². The van der Waals surface area contributed by atoms with E-state index in [1.807, 2.05) is 24.8 Å². The molecule has 5 heteroatoms. The number of benzene rings is 8. The molecule has 13 rings (SSSR count). The van der Waals surface area contributed by atoms with E-state index in [-0.39, 0.29) is 10.8 Å². The first kappa shape index (κ1) is 78.5. The Kier molecular flexibility index (Phi) is 29.0. The minimum Gasteiger partial charge on any atom is -0.265 e. The molecule has 0 N–H and O–H groups in total. The number of hydrogen-bond donors (Lipinski definition) is 0. The molecule has 3 aromatic heterocycles. The first-order valence-corrected chi connectivity index (χ1v) is 44.0. The summed E-state index contributed by atoms with van der Waals surface area (Å²) in [6.07, 6.45) is 63.5.